The van der Waals surface area contributed by atoms with Crippen molar-refractivity contribution in [1.82, 2.24) is 9.46 Å². The van der Waals surface area contributed by atoms with Crippen LogP contribution in [0.3, 0.4) is 0 Å². The Morgan fingerprint density at radius 1 is 1.10 bits per heavy atom. The van der Waals surface area contributed by atoms with Gasteiger partial charge in [-0.25, -0.2) is 8.42 Å². The van der Waals surface area contributed by atoms with Crippen molar-refractivity contribution >= 4 is 33.2 Å². The van der Waals surface area contributed by atoms with Gasteiger partial charge in [-0.1, -0.05) is 35.0 Å². The van der Waals surface area contributed by atoms with E-state index in [2.05, 4.69) is 10.5 Å². The molecule has 0 spiro atoms. The van der Waals surface area contributed by atoms with Gasteiger partial charge in [0.1, 0.15) is 5.76 Å². The Hall–Kier alpha value is -2.68. The number of anilines is 1. The molecular formula is C21H22ClN3O4S. The van der Waals surface area contributed by atoms with Gasteiger partial charge in [0.15, 0.2) is 0 Å². The molecule has 1 aromatic heterocycles. The van der Waals surface area contributed by atoms with Gasteiger partial charge in [-0.15, -0.1) is 0 Å². The predicted molar refractivity (Wildman–Crippen MR) is 115 cm³/mol. The van der Waals surface area contributed by atoms with E-state index >= 15 is 0 Å². The van der Waals surface area contributed by atoms with Gasteiger partial charge >= 0.3 is 0 Å². The highest BCUT2D eigenvalue weighted by atomic mass is 35.5. The number of aromatic nitrogens is 1. The summed E-state index contributed by atoms with van der Waals surface area (Å²) in [6.45, 7) is 5.08. The molecule has 3 aromatic rings. The summed E-state index contributed by atoms with van der Waals surface area (Å²) in [7, 11) is -3.88. The van der Waals surface area contributed by atoms with Gasteiger partial charge in [-0.3, -0.25) is 4.79 Å². The zero-order valence-corrected chi connectivity index (χ0v) is 18.4. The van der Waals surface area contributed by atoms with E-state index < -0.39 is 10.0 Å². The summed E-state index contributed by atoms with van der Waals surface area (Å²) in [5, 5.41) is 7.03. The molecule has 1 amide bonds. The number of carbonyl (C=O) groups is 1. The van der Waals surface area contributed by atoms with Gasteiger partial charge in [0.25, 0.3) is 0 Å². The number of carbonyl (C=O) groups excluding carboxylic acids is 1. The first-order valence-electron chi connectivity index (χ1n) is 9.21. The number of benzene rings is 2. The van der Waals surface area contributed by atoms with Gasteiger partial charge in [-0.2, -0.15) is 4.31 Å². The first kappa shape index (κ1) is 22.0. The van der Waals surface area contributed by atoms with E-state index in [0.717, 1.165) is 0 Å². The number of aryl methyl sites for hydroxylation is 2. The van der Waals surface area contributed by atoms with Crippen molar-refractivity contribution < 1.29 is 17.7 Å². The van der Waals surface area contributed by atoms with E-state index in [1.807, 2.05) is 6.07 Å². The lowest BCUT2D eigenvalue weighted by atomic mass is 10.2. The minimum Gasteiger partial charge on any atom is -0.361 e. The standard InChI is InChI=1S/C21H22ClN3O4S/c1-14-20(15(2)29-24-14)13-25(12-17-6-4-5-7-21(17)22)30(27,28)19-10-8-18(9-11-19)23-16(3)26/h4-11H,12-13H2,1-3H3,(H,23,26). The number of hydrogen-bond donors (Lipinski definition) is 1. The molecule has 0 fully saturated rings. The lowest BCUT2D eigenvalue weighted by Crippen LogP contribution is -2.30. The first-order chi connectivity index (χ1) is 14.2. The Kier molecular flexibility index (Phi) is 6.60. The van der Waals surface area contributed by atoms with Crippen LogP contribution in [-0.2, 0) is 27.9 Å². The van der Waals surface area contributed by atoms with Crippen molar-refractivity contribution in [3.05, 3.63) is 76.1 Å². The molecule has 0 atom stereocenters. The van der Waals surface area contributed by atoms with Crippen LogP contribution in [0.15, 0.2) is 57.9 Å². The van der Waals surface area contributed by atoms with Crippen LogP contribution in [0.1, 0.15) is 29.5 Å². The molecular weight excluding hydrogens is 426 g/mol. The molecule has 0 saturated carbocycles. The van der Waals surface area contributed by atoms with Gasteiger partial charge in [-0.05, 0) is 49.7 Å². The summed E-state index contributed by atoms with van der Waals surface area (Å²) in [5.74, 6) is 0.331. The second-order valence-electron chi connectivity index (χ2n) is 6.87. The third-order valence-corrected chi connectivity index (χ3v) is 6.81. The summed E-state index contributed by atoms with van der Waals surface area (Å²) in [5.41, 5.74) is 2.54. The van der Waals surface area contributed by atoms with Crippen LogP contribution in [-0.4, -0.2) is 23.8 Å². The highest BCUT2D eigenvalue weighted by molar-refractivity contribution is 7.89. The highest BCUT2D eigenvalue weighted by Crippen LogP contribution is 2.27. The molecule has 7 nitrogen and oxygen atoms in total. The van der Waals surface area contributed by atoms with Crippen molar-refractivity contribution in [3.8, 4) is 0 Å². The number of hydrogen-bond acceptors (Lipinski definition) is 5. The predicted octanol–water partition coefficient (Wildman–Crippen LogP) is 4.29. The summed E-state index contributed by atoms with van der Waals surface area (Å²) in [4.78, 5) is 11.3. The number of rotatable bonds is 7. The number of halogens is 1. The molecule has 9 heteroatoms. The quantitative estimate of drug-likeness (QED) is 0.583. The molecule has 1 N–H and O–H groups in total. The van der Waals surface area contributed by atoms with E-state index in [9.17, 15) is 13.2 Å². The Balaban J connectivity index is 1.99. The van der Waals surface area contributed by atoms with Gasteiger partial charge in [0.05, 0.1) is 10.6 Å². The zero-order valence-electron chi connectivity index (χ0n) is 16.8. The van der Waals surface area contributed by atoms with Crippen LogP contribution in [0.4, 0.5) is 5.69 Å². The number of nitrogens with one attached hydrogen (secondary N) is 1. The lowest BCUT2D eigenvalue weighted by molar-refractivity contribution is -0.114. The molecule has 1 heterocycles. The fourth-order valence-electron chi connectivity index (χ4n) is 3.01. The van der Waals surface area contributed by atoms with Gasteiger partial charge in [0.2, 0.25) is 15.9 Å². The average molecular weight is 448 g/mol. The highest BCUT2D eigenvalue weighted by Gasteiger charge is 2.27. The minimum atomic E-state index is -3.88. The molecule has 2 aromatic carbocycles. The van der Waals surface area contributed by atoms with Gasteiger partial charge < -0.3 is 9.84 Å². The summed E-state index contributed by atoms with van der Waals surface area (Å²) >= 11 is 6.29. The summed E-state index contributed by atoms with van der Waals surface area (Å²) < 4.78 is 33.5. The second-order valence-corrected chi connectivity index (χ2v) is 9.22. The smallest absolute Gasteiger partial charge is 0.243 e. The molecule has 0 saturated heterocycles. The Labute approximate surface area is 180 Å². The van der Waals surface area contributed by atoms with E-state index in [1.54, 1.807) is 44.2 Å². The van der Waals surface area contributed by atoms with Crippen LogP contribution in [0, 0.1) is 13.8 Å². The Morgan fingerprint density at radius 3 is 2.33 bits per heavy atom. The first-order valence-corrected chi connectivity index (χ1v) is 11.0. The fraction of sp³-hybridized carbons (Fsp3) is 0.238. The molecule has 0 radical (unpaired) electrons. The molecule has 0 unspecified atom stereocenters. The monoisotopic (exact) mass is 447 g/mol. The van der Waals surface area contributed by atoms with Crippen molar-refractivity contribution in [2.24, 2.45) is 0 Å². The molecule has 3 rings (SSSR count). The van der Waals surface area contributed by atoms with E-state index in [0.29, 0.717) is 33.3 Å². The fourth-order valence-corrected chi connectivity index (χ4v) is 4.59. The maximum absolute atomic E-state index is 13.5. The lowest BCUT2D eigenvalue weighted by Gasteiger charge is -2.23. The summed E-state index contributed by atoms with van der Waals surface area (Å²) in [6.07, 6.45) is 0. The number of nitrogens with zero attached hydrogens (tertiary/aromatic N) is 2. The molecule has 158 valence electrons. The molecule has 0 bridgehead atoms. The SMILES string of the molecule is CC(=O)Nc1ccc(S(=O)(=O)N(Cc2ccccc2Cl)Cc2c(C)noc2C)cc1. The average Bonchev–Trinajstić information content (AvgIpc) is 3.01. The van der Waals surface area contributed by atoms with Crippen LogP contribution < -0.4 is 5.32 Å². The van der Waals surface area contributed by atoms with Crippen LogP contribution in [0.5, 0.6) is 0 Å². The second kappa shape index (κ2) is 8.99. The molecule has 30 heavy (non-hydrogen) atoms. The topological polar surface area (TPSA) is 92.5 Å². The normalized spacial score (nSPS) is 11.6. The van der Waals surface area contributed by atoms with E-state index in [1.165, 1.54) is 23.4 Å². The van der Waals surface area contributed by atoms with Crippen molar-refractivity contribution in [3.63, 3.8) is 0 Å². The van der Waals surface area contributed by atoms with Crippen molar-refractivity contribution in [2.45, 2.75) is 38.8 Å². The Morgan fingerprint density at radius 2 is 1.77 bits per heavy atom. The third-order valence-electron chi connectivity index (χ3n) is 4.63. The van der Waals surface area contributed by atoms with Gasteiger partial charge in [0, 0.05) is 36.3 Å². The summed E-state index contributed by atoms with van der Waals surface area (Å²) in [6, 6.07) is 13.2. The van der Waals surface area contributed by atoms with Crippen LogP contribution in [0.2, 0.25) is 5.02 Å². The van der Waals surface area contributed by atoms with Crippen molar-refractivity contribution in [2.75, 3.05) is 5.32 Å². The van der Waals surface area contributed by atoms with E-state index in [-0.39, 0.29) is 23.9 Å². The Bertz CT molecular complexity index is 1140. The van der Waals surface area contributed by atoms with Crippen molar-refractivity contribution in [1.29, 1.82) is 0 Å². The molecule has 0 aliphatic heterocycles. The zero-order chi connectivity index (χ0) is 21.9. The molecule has 0 aliphatic rings. The van der Waals surface area contributed by atoms with Crippen LogP contribution >= 0.6 is 11.6 Å². The van der Waals surface area contributed by atoms with E-state index in [4.69, 9.17) is 16.1 Å². The molecule has 0 aliphatic carbocycles. The number of sulfonamides is 1. The largest absolute Gasteiger partial charge is 0.361 e. The van der Waals surface area contributed by atoms with Crippen LogP contribution in [0.25, 0.3) is 0 Å². The maximum Gasteiger partial charge on any atom is 0.243 e. The third kappa shape index (κ3) is 4.89. The maximum atomic E-state index is 13.5. The number of amides is 1. The minimum absolute atomic E-state index is 0.0829.